The van der Waals surface area contributed by atoms with E-state index in [0.29, 0.717) is 16.3 Å². The molecule has 1 aliphatic rings. The molecule has 0 radical (unpaired) electrons. The van der Waals surface area contributed by atoms with Gasteiger partial charge in [-0.05, 0) is 55.0 Å². The van der Waals surface area contributed by atoms with Crippen LogP contribution >= 0.6 is 22.9 Å². The van der Waals surface area contributed by atoms with Crippen LogP contribution < -0.4 is 11.1 Å². The fraction of sp³-hybridized carbons (Fsp3) is 0.364. The number of benzene rings is 1. The summed E-state index contributed by atoms with van der Waals surface area (Å²) in [6.07, 6.45) is 5.00. The van der Waals surface area contributed by atoms with Crippen molar-refractivity contribution in [2.75, 3.05) is 18.2 Å². The lowest BCUT2D eigenvalue weighted by Gasteiger charge is -2.28. The second kappa shape index (κ2) is 9.15. The minimum absolute atomic E-state index is 0.0302. The number of fused-ring (bicyclic) bond motifs is 2. The Balaban J connectivity index is 1.23. The Labute approximate surface area is 203 Å². The molecule has 1 fully saturated rings. The van der Waals surface area contributed by atoms with Gasteiger partial charge in [0, 0.05) is 12.0 Å². The topological polar surface area (TPSA) is 138 Å². The second-order valence-electron chi connectivity index (χ2n) is 8.27. The molecular weight excluding hydrogens is 478 g/mol. The Hall–Kier alpha value is -3.31. The third kappa shape index (κ3) is 4.40. The summed E-state index contributed by atoms with van der Waals surface area (Å²) < 4.78 is 7.61. The van der Waals surface area contributed by atoms with E-state index in [1.807, 2.05) is 22.8 Å². The number of hydrogen-bond acceptors (Lipinski definition) is 9. The fourth-order valence-electron chi connectivity index (χ4n) is 4.37. The van der Waals surface area contributed by atoms with Crippen molar-refractivity contribution >= 4 is 67.1 Å². The van der Waals surface area contributed by atoms with Crippen molar-refractivity contribution in [1.29, 1.82) is 0 Å². The Morgan fingerprint density at radius 2 is 2.03 bits per heavy atom. The molecule has 1 aromatic carbocycles. The first-order chi connectivity index (χ1) is 16.4. The summed E-state index contributed by atoms with van der Waals surface area (Å²) in [7, 11) is 1.37. The first-order valence-electron chi connectivity index (χ1n) is 10.8. The molecule has 3 N–H and O–H groups in total. The Kier molecular flexibility index (Phi) is 6.05. The number of hydrogen-bond donors (Lipinski definition) is 2. The number of carbonyl (C=O) groups excluding carboxylic acids is 2. The minimum Gasteiger partial charge on any atom is -0.469 e. The van der Waals surface area contributed by atoms with Crippen molar-refractivity contribution in [3.05, 3.63) is 35.4 Å². The van der Waals surface area contributed by atoms with Crippen molar-refractivity contribution < 1.29 is 14.3 Å². The summed E-state index contributed by atoms with van der Waals surface area (Å²) in [5.74, 6) is -0.167. The number of esters is 1. The quantitative estimate of drug-likeness (QED) is 0.312. The largest absolute Gasteiger partial charge is 0.469 e. The van der Waals surface area contributed by atoms with Crippen LogP contribution in [-0.4, -0.2) is 43.5 Å². The van der Waals surface area contributed by atoms with E-state index < -0.39 is 0 Å². The number of methoxy groups -OCH3 is 1. The molecule has 0 bridgehead atoms. The number of nitrogens with two attached hydrogens (primary N) is 1. The van der Waals surface area contributed by atoms with Crippen LogP contribution in [-0.2, 0) is 20.7 Å². The van der Waals surface area contributed by atoms with Crippen molar-refractivity contribution in [3.63, 3.8) is 0 Å². The molecule has 5 rings (SSSR count). The highest BCUT2D eigenvalue weighted by atomic mass is 35.5. The second-order valence-corrected chi connectivity index (χ2v) is 9.64. The number of carbonyl (C=O) groups is 2. The number of aromatic nitrogens is 5. The van der Waals surface area contributed by atoms with Crippen molar-refractivity contribution in [1.82, 2.24) is 24.5 Å². The number of rotatable bonds is 5. The van der Waals surface area contributed by atoms with Crippen LogP contribution in [0.1, 0.15) is 37.3 Å². The van der Waals surface area contributed by atoms with Gasteiger partial charge in [0.1, 0.15) is 5.52 Å². The summed E-state index contributed by atoms with van der Waals surface area (Å²) in [4.78, 5) is 41.5. The number of nitrogens with zero attached hydrogens (tertiary/aromatic N) is 5. The van der Waals surface area contributed by atoms with Gasteiger partial charge in [0.25, 0.3) is 0 Å². The number of halogens is 1. The maximum absolute atomic E-state index is 12.9. The van der Waals surface area contributed by atoms with Crippen molar-refractivity contribution in [2.45, 2.75) is 38.1 Å². The lowest BCUT2D eigenvalue weighted by molar-refractivity contribution is -0.139. The van der Waals surface area contributed by atoms with Gasteiger partial charge in [0.05, 0.1) is 30.1 Å². The Morgan fingerprint density at radius 1 is 1.24 bits per heavy atom. The number of amides is 1. The molecule has 10 nitrogen and oxygen atoms in total. The zero-order valence-corrected chi connectivity index (χ0v) is 19.9. The van der Waals surface area contributed by atoms with E-state index in [-0.39, 0.29) is 41.4 Å². The molecule has 1 aliphatic carbocycles. The van der Waals surface area contributed by atoms with Crippen molar-refractivity contribution in [2.24, 2.45) is 5.92 Å². The molecule has 34 heavy (non-hydrogen) atoms. The minimum atomic E-state index is -0.296. The molecule has 1 saturated carbocycles. The fourth-order valence-corrected chi connectivity index (χ4v) is 5.48. The molecule has 0 spiro atoms. The number of nitrogen functional groups attached to an aromatic ring is 1. The molecule has 1 amide bonds. The van der Waals surface area contributed by atoms with E-state index in [0.717, 1.165) is 41.5 Å². The number of anilines is 2. The summed E-state index contributed by atoms with van der Waals surface area (Å²) in [5.41, 5.74) is 8.69. The first-order valence-corrected chi connectivity index (χ1v) is 12.0. The van der Waals surface area contributed by atoms with E-state index in [4.69, 9.17) is 22.1 Å². The summed E-state index contributed by atoms with van der Waals surface area (Å²) in [6, 6.07) is 5.76. The third-order valence-electron chi connectivity index (χ3n) is 6.14. The van der Waals surface area contributed by atoms with Gasteiger partial charge < -0.3 is 20.4 Å². The average Bonchev–Trinajstić information content (AvgIpc) is 3.42. The predicted octanol–water partition coefficient (Wildman–Crippen LogP) is 3.76. The molecule has 3 heterocycles. The molecule has 0 unspecified atom stereocenters. The highest BCUT2D eigenvalue weighted by Crippen LogP contribution is 2.35. The monoisotopic (exact) mass is 499 g/mol. The van der Waals surface area contributed by atoms with Gasteiger partial charge in [0.2, 0.25) is 11.2 Å². The van der Waals surface area contributed by atoms with Crippen LogP contribution in [0.15, 0.2) is 24.5 Å². The molecule has 4 aromatic rings. The number of nitrogens with one attached hydrogen (secondary N) is 1. The highest BCUT2D eigenvalue weighted by molar-refractivity contribution is 7.22. The molecule has 0 aliphatic heterocycles. The number of thiazole rings is 1. The SMILES string of the molecule is COC(=O)Cc1ccc2nc(NC(=O)C3CCC(n4cnc5c(N)nc(Cl)nc54)CC3)sc2c1. The van der Waals surface area contributed by atoms with Crippen molar-refractivity contribution in [3.8, 4) is 0 Å². The normalized spacial score (nSPS) is 18.3. The van der Waals surface area contributed by atoms with Crippen LogP contribution in [0.25, 0.3) is 21.4 Å². The van der Waals surface area contributed by atoms with Gasteiger partial charge in [-0.2, -0.15) is 9.97 Å². The van der Waals surface area contributed by atoms with Crippen LogP contribution in [0.3, 0.4) is 0 Å². The lowest BCUT2D eigenvalue weighted by Crippen LogP contribution is -2.28. The van der Waals surface area contributed by atoms with Gasteiger partial charge in [-0.1, -0.05) is 17.4 Å². The van der Waals surface area contributed by atoms with Gasteiger partial charge in [0.15, 0.2) is 16.6 Å². The van der Waals surface area contributed by atoms with E-state index >= 15 is 0 Å². The Bertz CT molecular complexity index is 1390. The molecule has 176 valence electrons. The predicted molar refractivity (Wildman–Crippen MR) is 130 cm³/mol. The van der Waals surface area contributed by atoms with Gasteiger partial charge in [-0.25, -0.2) is 9.97 Å². The zero-order valence-electron chi connectivity index (χ0n) is 18.3. The summed E-state index contributed by atoms with van der Waals surface area (Å²) in [5, 5.41) is 3.62. The van der Waals surface area contributed by atoms with Crippen LogP contribution in [0.5, 0.6) is 0 Å². The Morgan fingerprint density at radius 3 is 2.79 bits per heavy atom. The third-order valence-corrected chi connectivity index (χ3v) is 7.24. The number of imidazole rings is 1. The number of ether oxygens (including phenoxy) is 1. The van der Waals surface area contributed by atoms with Crippen LogP contribution in [0.4, 0.5) is 10.9 Å². The maximum atomic E-state index is 12.9. The zero-order chi connectivity index (χ0) is 23.8. The highest BCUT2D eigenvalue weighted by Gasteiger charge is 2.29. The lowest BCUT2D eigenvalue weighted by atomic mass is 9.85. The maximum Gasteiger partial charge on any atom is 0.309 e. The smallest absolute Gasteiger partial charge is 0.309 e. The van der Waals surface area contributed by atoms with Gasteiger partial charge >= 0.3 is 5.97 Å². The summed E-state index contributed by atoms with van der Waals surface area (Å²) in [6.45, 7) is 0. The van der Waals surface area contributed by atoms with E-state index in [1.54, 1.807) is 6.33 Å². The first kappa shape index (κ1) is 22.5. The van der Waals surface area contributed by atoms with E-state index in [1.165, 1.54) is 18.4 Å². The molecule has 12 heteroatoms. The van der Waals surface area contributed by atoms with Crippen LogP contribution in [0, 0.1) is 5.92 Å². The molecule has 0 saturated heterocycles. The molecule has 0 atom stereocenters. The molecule has 3 aromatic heterocycles. The van der Waals surface area contributed by atoms with E-state index in [2.05, 4.69) is 25.3 Å². The standard InChI is InChI=1S/C22H22ClN7O3S/c1-33-16(31)9-11-2-7-14-15(8-11)34-22(26-14)29-20(32)12-3-5-13(6-4-12)30-10-25-17-18(24)27-21(23)28-19(17)30/h2,7-8,10,12-13H,3-6,9H2,1H3,(H2,24,27,28)(H,26,29,32). The van der Waals surface area contributed by atoms with Gasteiger partial charge in [-0.3, -0.25) is 9.59 Å². The van der Waals surface area contributed by atoms with E-state index in [9.17, 15) is 9.59 Å². The average molecular weight is 500 g/mol. The molecular formula is C22H22ClN7O3S. The van der Waals surface area contributed by atoms with Crippen LogP contribution in [0.2, 0.25) is 5.28 Å². The van der Waals surface area contributed by atoms with Gasteiger partial charge in [-0.15, -0.1) is 0 Å². The summed E-state index contributed by atoms with van der Waals surface area (Å²) >= 11 is 7.37.